The van der Waals surface area contributed by atoms with Gasteiger partial charge in [-0.15, -0.1) is 0 Å². The van der Waals surface area contributed by atoms with Gasteiger partial charge in [0.05, 0.1) is 6.04 Å². The fourth-order valence-corrected chi connectivity index (χ4v) is 4.74. The Morgan fingerprint density at radius 3 is 2.41 bits per heavy atom. The molecule has 3 heteroatoms. The summed E-state index contributed by atoms with van der Waals surface area (Å²) in [6, 6.07) is 0.615. The number of aliphatic imine (C=N–C) groups is 1. The molecule has 0 atom stereocenters. The number of amidine groups is 1. The zero-order valence-electron chi connectivity index (χ0n) is 10.7. The molecule has 1 heterocycles. The predicted octanol–water partition coefficient (Wildman–Crippen LogP) is 3.71. The Hall–Kier alpha value is -0.180. The van der Waals surface area contributed by atoms with Gasteiger partial charge in [-0.3, -0.25) is 4.99 Å². The van der Waals surface area contributed by atoms with Crippen molar-refractivity contribution in [2.75, 3.05) is 5.75 Å². The van der Waals surface area contributed by atoms with Crippen LogP contribution in [-0.2, 0) is 0 Å². The Labute approximate surface area is 109 Å². The molecule has 3 aliphatic rings. The molecule has 2 nitrogen and oxygen atoms in total. The molecule has 0 aromatic rings. The minimum atomic E-state index is 0.439. The smallest absolute Gasteiger partial charge is 0.157 e. The normalized spacial score (nSPS) is 31.9. The lowest BCUT2D eigenvalue weighted by Crippen LogP contribution is -2.40. The van der Waals surface area contributed by atoms with Crippen LogP contribution >= 0.6 is 11.8 Å². The number of nitrogens with one attached hydrogen (secondary N) is 1. The third-order valence-corrected chi connectivity index (χ3v) is 5.72. The summed E-state index contributed by atoms with van der Waals surface area (Å²) >= 11 is 1.98. The van der Waals surface area contributed by atoms with Crippen LogP contribution in [-0.4, -0.2) is 22.5 Å². The molecule has 2 saturated carbocycles. The van der Waals surface area contributed by atoms with Crippen LogP contribution in [0.1, 0.15) is 64.2 Å². The Kier molecular flexibility index (Phi) is 3.64. The average Bonchev–Trinajstić information content (AvgIpc) is 2.86. The van der Waals surface area contributed by atoms with Crippen LogP contribution in [0.15, 0.2) is 4.99 Å². The fourth-order valence-electron chi connectivity index (χ4n) is 3.45. The number of hydrogen-bond donors (Lipinski definition) is 1. The van der Waals surface area contributed by atoms with E-state index in [0.717, 1.165) is 0 Å². The molecule has 0 bridgehead atoms. The molecule has 1 aliphatic heterocycles. The quantitative estimate of drug-likeness (QED) is 0.719. The van der Waals surface area contributed by atoms with E-state index >= 15 is 0 Å². The number of hydrogen-bond acceptors (Lipinski definition) is 2. The van der Waals surface area contributed by atoms with E-state index in [2.05, 4.69) is 5.32 Å². The zero-order chi connectivity index (χ0) is 11.6. The largest absolute Gasteiger partial charge is 0.359 e. The first-order chi connectivity index (χ1) is 8.36. The average molecular weight is 252 g/mol. The van der Waals surface area contributed by atoms with E-state index in [1.807, 2.05) is 11.8 Å². The molecule has 0 amide bonds. The molecule has 0 aromatic carbocycles. The summed E-state index contributed by atoms with van der Waals surface area (Å²) in [6.45, 7) is 0. The minimum absolute atomic E-state index is 0.439. The van der Waals surface area contributed by atoms with Crippen molar-refractivity contribution in [1.82, 2.24) is 5.32 Å². The van der Waals surface area contributed by atoms with Crippen molar-refractivity contribution in [3.63, 3.8) is 0 Å². The minimum Gasteiger partial charge on any atom is -0.359 e. The van der Waals surface area contributed by atoms with Gasteiger partial charge < -0.3 is 5.32 Å². The second-order valence-electron chi connectivity index (χ2n) is 5.98. The Bertz CT molecular complexity index is 287. The van der Waals surface area contributed by atoms with Crippen molar-refractivity contribution in [2.24, 2.45) is 4.99 Å². The molecule has 1 N–H and O–H groups in total. The molecule has 1 spiro atoms. The first-order valence-corrected chi connectivity index (χ1v) is 8.34. The molecule has 96 valence electrons. The summed E-state index contributed by atoms with van der Waals surface area (Å²) in [5, 5.41) is 5.01. The van der Waals surface area contributed by atoms with Gasteiger partial charge in [0.25, 0.3) is 0 Å². The van der Waals surface area contributed by atoms with Crippen LogP contribution in [0.4, 0.5) is 0 Å². The number of rotatable bonds is 1. The van der Waals surface area contributed by atoms with Crippen LogP contribution in [0.25, 0.3) is 0 Å². The topological polar surface area (TPSA) is 24.4 Å². The maximum absolute atomic E-state index is 4.98. The third kappa shape index (κ3) is 2.81. The van der Waals surface area contributed by atoms with Gasteiger partial charge in [0.1, 0.15) is 0 Å². The van der Waals surface area contributed by atoms with Crippen LogP contribution in [0.5, 0.6) is 0 Å². The molecule has 0 unspecified atom stereocenters. The number of nitrogens with zero attached hydrogens (tertiary/aromatic N) is 1. The summed E-state index contributed by atoms with van der Waals surface area (Å²) in [5.41, 5.74) is 0.439. The number of thioether (sulfide) groups is 1. The zero-order valence-corrected chi connectivity index (χ0v) is 11.5. The van der Waals surface area contributed by atoms with E-state index in [-0.39, 0.29) is 0 Å². The maximum Gasteiger partial charge on any atom is 0.157 e. The third-order valence-electron chi connectivity index (χ3n) is 4.54. The van der Waals surface area contributed by atoms with Crippen LogP contribution < -0.4 is 5.32 Å². The lowest BCUT2D eigenvalue weighted by molar-refractivity contribution is 0.451. The van der Waals surface area contributed by atoms with Gasteiger partial charge >= 0.3 is 0 Å². The van der Waals surface area contributed by atoms with E-state index < -0.39 is 0 Å². The van der Waals surface area contributed by atoms with Gasteiger partial charge in [-0.1, -0.05) is 50.3 Å². The highest BCUT2D eigenvalue weighted by Gasteiger charge is 2.39. The van der Waals surface area contributed by atoms with Gasteiger partial charge in [-0.05, 0) is 25.7 Å². The fraction of sp³-hybridized carbons (Fsp3) is 0.929. The second-order valence-corrected chi connectivity index (χ2v) is 6.94. The van der Waals surface area contributed by atoms with E-state index in [9.17, 15) is 0 Å². The Morgan fingerprint density at radius 2 is 1.71 bits per heavy atom. The van der Waals surface area contributed by atoms with Crippen molar-refractivity contribution in [2.45, 2.75) is 75.8 Å². The van der Waals surface area contributed by atoms with Gasteiger partial charge in [0.2, 0.25) is 0 Å². The highest BCUT2D eigenvalue weighted by atomic mass is 32.2. The molecular formula is C14H24N2S. The molecule has 17 heavy (non-hydrogen) atoms. The lowest BCUT2D eigenvalue weighted by atomic mass is 10.0. The SMILES string of the molecule is C1CCCC(N=C2NC3(CCCC3)CS2)CC1. The summed E-state index contributed by atoms with van der Waals surface area (Å²) in [6.07, 6.45) is 13.8. The van der Waals surface area contributed by atoms with E-state index in [1.165, 1.54) is 75.1 Å². The van der Waals surface area contributed by atoms with Crippen molar-refractivity contribution in [3.8, 4) is 0 Å². The Balaban J connectivity index is 1.60. The van der Waals surface area contributed by atoms with Crippen molar-refractivity contribution < 1.29 is 0 Å². The molecular weight excluding hydrogens is 228 g/mol. The van der Waals surface area contributed by atoms with Crippen LogP contribution in [0.2, 0.25) is 0 Å². The van der Waals surface area contributed by atoms with E-state index in [0.29, 0.717) is 11.6 Å². The lowest BCUT2D eigenvalue weighted by Gasteiger charge is -2.22. The molecule has 0 aromatic heterocycles. The molecule has 2 aliphatic carbocycles. The predicted molar refractivity (Wildman–Crippen MR) is 75.7 cm³/mol. The van der Waals surface area contributed by atoms with Gasteiger partial charge in [-0.2, -0.15) is 0 Å². The second kappa shape index (κ2) is 5.21. The molecule has 1 saturated heterocycles. The summed E-state index contributed by atoms with van der Waals surface area (Å²) in [7, 11) is 0. The van der Waals surface area contributed by atoms with E-state index in [4.69, 9.17) is 4.99 Å². The van der Waals surface area contributed by atoms with Gasteiger partial charge in [-0.25, -0.2) is 0 Å². The molecule has 3 fully saturated rings. The van der Waals surface area contributed by atoms with Crippen LogP contribution in [0.3, 0.4) is 0 Å². The summed E-state index contributed by atoms with van der Waals surface area (Å²) < 4.78 is 0. The highest BCUT2D eigenvalue weighted by molar-refractivity contribution is 8.14. The standard InChI is InChI=1S/C14H24N2S/c1-2-4-8-12(7-3-1)15-13-16-14(11-17-13)9-5-6-10-14/h12H,1-11H2,(H,15,16). The molecule has 0 radical (unpaired) electrons. The van der Waals surface area contributed by atoms with Crippen LogP contribution in [0, 0.1) is 0 Å². The maximum atomic E-state index is 4.98. The monoisotopic (exact) mass is 252 g/mol. The van der Waals surface area contributed by atoms with Gasteiger partial charge in [0.15, 0.2) is 5.17 Å². The first-order valence-electron chi connectivity index (χ1n) is 7.35. The van der Waals surface area contributed by atoms with Crippen molar-refractivity contribution in [3.05, 3.63) is 0 Å². The van der Waals surface area contributed by atoms with Crippen molar-refractivity contribution >= 4 is 16.9 Å². The Morgan fingerprint density at radius 1 is 1.00 bits per heavy atom. The van der Waals surface area contributed by atoms with Crippen molar-refractivity contribution in [1.29, 1.82) is 0 Å². The highest BCUT2D eigenvalue weighted by Crippen LogP contribution is 2.37. The van der Waals surface area contributed by atoms with E-state index in [1.54, 1.807) is 0 Å². The summed E-state index contributed by atoms with van der Waals surface area (Å²) in [5.74, 6) is 1.26. The molecule has 3 rings (SSSR count). The first kappa shape index (κ1) is 11.9. The summed E-state index contributed by atoms with van der Waals surface area (Å²) in [4.78, 5) is 4.98. The van der Waals surface area contributed by atoms with Gasteiger partial charge in [0, 0.05) is 11.3 Å².